The molecule has 106 valence electrons. The third-order valence-electron chi connectivity index (χ3n) is 4.51. The Labute approximate surface area is 127 Å². The van der Waals surface area contributed by atoms with Crippen LogP contribution >= 0.6 is 11.3 Å². The van der Waals surface area contributed by atoms with E-state index < -0.39 is 0 Å². The van der Waals surface area contributed by atoms with Crippen LogP contribution in [0.3, 0.4) is 0 Å². The summed E-state index contributed by atoms with van der Waals surface area (Å²) in [6.45, 7) is 2.09. The summed E-state index contributed by atoms with van der Waals surface area (Å²) in [5, 5.41) is 0.990. The Hall–Kier alpha value is -1.94. The molecule has 0 spiro atoms. The molecule has 1 aliphatic rings. The van der Waals surface area contributed by atoms with E-state index in [9.17, 15) is 0 Å². The lowest BCUT2D eigenvalue weighted by molar-refractivity contribution is 0.286. The summed E-state index contributed by atoms with van der Waals surface area (Å²) in [7, 11) is 0. The zero-order chi connectivity index (χ0) is 14.4. The molecule has 0 bridgehead atoms. The first-order valence-electron chi connectivity index (χ1n) is 7.29. The molecule has 2 heterocycles. The lowest BCUT2D eigenvalue weighted by Gasteiger charge is -2.41. The molecule has 3 aromatic rings. The third-order valence-corrected chi connectivity index (χ3v) is 5.45. The monoisotopic (exact) mass is 295 g/mol. The Morgan fingerprint density at radius 2 is 1.90 bits per heavy atom. The molecule has 0 unspecified atom stereocenters. The highest BCUT2D eigenvalue weighted by Crippen LogP contribution is 2.48. The molecule has 2 aromatic heterocycles. The Morgan fingerprint density at radius 1 is 1.14 bits per heavy atom. The van der Waals surface area contributed by atoms with Crippen molar-refractivity contribution in [2.45, 2.75) is 31.6 Å². The highest BCUT2D eigenvalue weighted by molar-refractivity contribution is 7.18. The van der Waals surface area contributed by atoms with Crippen molar-refractivity contribution in [1.29, 1.82) is 0 Å². The summed E-state index contributed by atoms with van der Waals surface area (Å²) < 4.78 is 0. The molecule has 1 aliphatic carbocycles. The van der Waals surface area contributed by atoms with E-state index >= 15 is 0 Å². The van der Waals surface area contributed by atoms with E-state index in [2.05, 4.69) is 48.3 Å². The first-order chi connectivity index (χ1) is 10.2. The SMILES string of the molecule is Cc1cc2c(N)nc(C3(c4ccccc4)CCC3)nc2s1. The van der Waals surface area contributed by atoms with E-state index in [1.54, 1.807) is 11.3 Å². The van der Waals surface area contributed by atoms with Gasteiger partial charge in [-0.15, -0.1) is 11.3 Å². The molecule has 2 N–H and O–H groups in total. The first kappa shape index (κ1) is 12.8. The maximum absolute atomic E-state index is 6.18. The summed E-state index contributed by atoms with van der Waals surface area (Å²) in [6.07, 6.45) is 3.43. The fourth-order valence-electron chi connectivity index (χ4n) is 3.21. The van der Waals surface area contributed by atoms with Crippen molar-refractivity contribution in [3.8, 4) is 0 Å². The van der Waals surface area contributed by atoms with Gasteiger partial charge in [0.15, 0.2) is 0 Å². The van der Waals surface area contributed by atoms with E-state index in [4.69, 9.17) is 10.7 Å². The minimum atomic E-state index is -0.0402. The number of thiophene rings is 1. The van der Waals surface area contributed by atoms with Crippen molar-refractivity contribution in [3.05, 3.63) is 52.7 Å². The van der Waals surface area contributed by atoms with Gasteiger partial charge in [-0.2, -0.15) is 0 Å². The third kappa shape index (κ3) is 1.86. The van der Waals surface area contributed by atoms with Gasteiger partial charge in [-0.1, -0.05) is 36.8 Å². The van der Waals surface area contributed by atoms with E-state index in [1.807, 2.05) is 0 Å². The maximum Gasteiger partial charge on any atom is 0.142 e. The quantitative estimate of drug-likeness (QED) is 0.776. The molecule has 4 heteroatoms. The Balaban J connectivity index is 1.92. The van der Waals surface area contributed by atoms with Crippen molar-refractivity contribution in [2.24, 2.45) is 0 Å². The molecule has 0 aliphatic heterocycles. The van der Waals surface area contributed by atoms with Crippen LogP contribution in [-0.2, 0) is 5.41 Å². The Bertz CT molecular complexity index is 804. The van der Waals surface area contributed by atoms with Gasteiger partial charge in [0.25, 0.3) is 0 Å². The fourth-order valence-corrected chi connectivity index (χ4v) is 4.09. The van der Waals surface area contributed by atoms with Crippen molar-refractivity contribution >= 4 is 27.4 Å². The molecule has 0 saturated heterocycles. The molecule has 1 aromatic carbocycles. The molecule has 1 fully saturated rings. The molecular formula is C17H17N3S. The van der Waals surface area contributed by atoms with Crippen molar-refractivity contribution in [3.63, 3.8) is 0 Å². The number of hydrogen-bond acceptors (Lipinski definition) is 4. The van der Waals surface area contributed by atoms with Crippen molar-refractivity contribution in [1.82, 2.24) is 9.97 Å². The van der Waals surface area contributed by atoms with E-state index in [1.165, 1.54) is 16.9 Å². The Kier molecular flexibility index (Phi) is 2.76. The summed E-state index contributed by atoms with van der Waals surface area (Å²) in [5.74, 6) is 1.51. The van der Waals surface area contributed by atoms with Gasteiger partial charge in [0.05, 0.1) is 10.8 Å². The largest absolute Gasteiger partial charge is 0.383 e. The van der Waals surface area contributed by atoms with Gasteiger partial charge in [-0.25, -0.2) is 9.97 Å². The predicted molar refractivity (Wildman–Crippen MR) is 87.6 cm³/mol. The fraction of sp³-hybridized carbons (Fsp3) is 0.294. The van der Waals surface area contributed by atoms with Gasteiger partial charge < -0.3 is 5.73 Å². The lowest BCUT2D eigenvalue weighted by atomic mass is 9.64. The first-order valence-corrected chi connectivity index (χ1v) is 8.10. The van der Waals surface area contributed by atoms with Crippen LogP contribution in [-0.4, -0.2) is 9.97 Å². The van der Waals surface area contributed by atoms with Crippen LogP contribution in [0.2, 0.25) is 0 Å². The molecular weight excluding hydrogens is 278 g/mol. The highest BCUT2D eigenvalue weighted by atomic mass is 32.1. The van der Waals surface area contributed by atoms with E-state index in [0.29, 0.717) is 5.82 Å². The zero-order valence-electron chi connectivity index (χ0n) is 12.0. The van der Waals surface area contributed by atoms with Crippen LogP contribution in [0.25, 0.3) is 10.2 Å². The van der Waals surface area contributed by atoms with Crippen LogP contribution < -0.4 is 5.73 Å². The summed E-state index contributed by atoms with van der Waals surface area (Å²) in [6, 6.07) is 12.7. The molecule has 0 amide bonds. The number of aryl methyl sites for hydroxylation is 1. The highest BCUT2D eigenvalue weighted by Gasteiger charge is 2.43. The van der Waals surface area contributed by atoms with E-state index in [0.717, 1.165) is 28.9 Å². The second kappa shape index (κ2) is 4.53. The number of nitrogens with zero attached hydrogens (tertiary/aromatic N) is 2. The average Bonchev–Trinajstić information content (AvgIpc) is 2.80. The standard InChI is InChI=1S/C17H17N3S/c1-11-10-13-14(18)19-16(20-15(13)21-11)17(8-5-9-17)12-6-3-2-4-7-12/h2-4,6-7,10H,5,8-9H2,1H3,(H2,18,19,20). The molecule has 21 heavy (non-hydrogen) atoms. The predicted octanol–water partition coefficient (Wildman–Crippen LogP) is 4.05. The summed E-state index contributed by atoms with van der Waals surface area (Å²) in [5.41, 5.74) is 7.45. The van der Waals surface area contributed by atoms with Gasteiger partial charge >= 0.3 is 0 Å². The van der Waals surface area contributed by atoms with E-state index in [-0.39, 0.29) is 5.41 Å². The topological polar surface area (TPSA) is 51.8 Å². The van der Waals surface area contributed by atoms with Crippen molar-refractivity contribution < 1.29 is 0 Å². The molecule has 4 rings (SSSR count). The smallest absolute Gasteiger partial charge is 0.142 e. The summed E-state index contributed by atoms with van der Waals surface area (Å²) in [4.78, 5) is 11.8. The number of aromatic nitrogens is 2. The number of anilines is 1. The van der Waals surface area contributed by atoms with Crippen molar-refractivity contribution in [2.75, 3.05) is 5.73 Å². The number of nitrogen functional groups attached to an aromatic ring is 1. The van der Waals surface area contributed by atoms with Gasteiger partial charge in [-0.3, -0.25) is 0 Å². The zero-order valence-corrected chi connectivity index (χ0v) is 12.8. The minimum absolute atomic E-state index is 0.0402. The number of rotatable bonds is 2. The normalized spacial score (nSPS) is 16.8. The molecule has 0 radical (unpaired) electrons. The van der Waals surface area contributed by atoms with Gasteiger partial charge in [-0.05, 0) is 31.4 Å². The number of hydrogen-bond donors (Lipinski definition) is 1. The summed E-state index contributed by atoms with van der Waals surface area (Å²) >= 11 is 1.70. The van der Waals surface area contributed by atoms with Gasteiger partial charge in [0.1, 0.15) is 16.5 Å². The van der Waals surface area contributed by atoms with Crippen LogP contribution in [0.4, 0.5) is 5.82 Å². The van der Waals surface area contributed by atoms with Crippen LogP contribution in [0.1, 0.15) is 35.5 Å². The lowest BCUT2D eigenvalue weighted by Crippen LogP contribution is -2.37. The molecule has 0 atom stereocenters. The van der Waals surface area contributed by atoms with Crippen LogP contribution in [0.5, 0.6) is 0 Å². The van der Waals surface area contributed by atoms with Crippen LogP contribution in [0, 0.1) is 6.92 Å². The van der Waals surface area contributed by atoms with Gasteiger partial charge in [0, 0.05) is 4.88 Å². The Morgan fingerprint density at radius 3 is 2.57 bits per heavy atom. The average molecular weight is 295 g/mol. The van der Waals surface area contributed by atoms with Crippen LogP contribution in [0.15, 0.2) is 36.4 Å². The minimum Gasteiger partial charge on any atom is -0.383 e. The van der Waals surface area contributed by atoms with Gasteiger partial charge in [0.2, 0.25) is 0 Å². The second-order valence-electron chi connectivity index (χ2n) is 5.81. The number of fused-ring (bicyclic) bond motifs is 1. The second-order valence-corrected chi connectivity index (χ2v) is 7.04. The number of nitrogens with two attached hydrogens (primary N) is 1. The molecule has 1 saturated carbocycles. The molecule has 3 nitrogen and oxygen atoms in total. The number of benzene rings is 1. The maximum atomic E-state index is 6.18.